The molecule has 0 saturated carbocycles. The number of rotatable bonds is 2. The van der Waals surface area contributed by atoms with Gasteiger partial charge in [-0.25, -0.2) is 9.78 Å². The summed E-state index contributed by atoms with van der Waals surface area (Å²) in [6, 6.07) is 0. The molecule has 1 heterocycles. The SMILES string of the molecule is COC(=O)c1csc(C(O)C(F)(F)F)n1. The molecule has 8 heteroatoms. The molecule has 1 N–H and O–H groups in total. The number of thiazole rings is 1. The number of ether oxygens (including phenoxy) is 1. The molecule has 1 unspecified atom stereocenters. The minimum atomic E-state index is -4.79. The van der Waals surface area contributed by atoms with Crippen LogP contribution in [-0.4, -0.2) is 29.3 Å². The maximum atomic E-state index is 12.0. The number of nitrogens with zero attached hydrogens (tertiary/aromatic N) is 1. The first-order valence-electron chi connectivity index (χ1n) is 3.64. The molecule has 0 saturated heterocycles. The fourth-order valence-corrected chi connectivity index (χ4v) is 1.55. The number of methoxy groups -OCH3 is 1. The van der Waals surface area contributed by atoms with Crippen LogP contribution in [0.25, 0.3) is 0 Å². The van der Waals surface area contributed by atoms with Gasteiger partial charge in [0.2, 0.25) is 6.10 Å². The molecule has 1 aromatic heterocycles. The Morgan fingerprint density at radius 3 is 2.73 bits per heavy atom. The highest BCUT2D eigenvalue weighted by atomic mass is 32.1. The molecule has 1 rings (SSSR count). The Morgan fingerprint density at radius 2 is 2.27 bits per heavy atom. The predicted octanol–water partition coefficient (Wildman–Crippen LogP) is 1.53. The second kappa shape index (κ2) is 4.15. The van der Waals surface area contributed by atoms with Crippen molar-refractivity contribution < 1.29 is 27.8 Å². The summed E-state index contributed by atoms with van der Waals surface area (Å²) in [6.45, 7) is 0. The number of halogens is 3. The Hall–Kier alpha value is -1.15. The third-order valence-corrected chi connectivity index (χ3v) is 2.36. The number of alkyl halides is 3. The lowest BCUT2D eigenvalue weighted by Crippen LogP contribution is -2.20. The minimum Gasteiger partial charge on any atom is -0.464 e. The monoisotopic (exact) mass is 241 g/mol. The third-order valence-electron chi connectivity index (χ3n) is 1.46. The second-order valence-electron chi connectivity index (χ2n) is 2.51. The van der Waals surface area contributed by atoms with Gasteiger partial charge in [-0.15, -0.1) is 11.3 Å². The Balaban J connectivity index is 2.89. The number of carbonyl (C=O) groups excluding carboxylic acids is 1. The maximum absolute atomic E-state index is 12.0. The zero-order valence-electron chi connectivity index (χ0n) is 7.41. The van der Waals surface area contributed by atoms with Gasteiger partial charge in [-0.2, -0.15) is 13.2 Å². The van der Waals surface area contributed by atoms with E-state index >= 15 is 0 Å². The van der Waals surface area contributed by atoms with Gasteiger partial charge in [0.25, 0.3) is 0 Å². The zero-order valence-corrected chi connectivity index (χ0v) is 8.22. The van der Waals surface area contributed by atoms with E-state index in [-0.39, 0.29) is 5.69 Å². The van der Waals surface area contributed by atoms with Gasteiger partial charge >= 0.3 is 12.1 Å². The highest BCUT2D eigenvalue weighted by molar-refractivity contribution is 7.09. The third kappa shape index (κ3) is 2.66. The molecule has 0 aliphatic carbocycles. The van der Waals surface area contributed by atoms with Gasteiger partial charge in [0.15, 0.2) is 5.69 Å². The zero-order chi connectivity index (χ0) is 11.6. The number of aliphatic hydroxyl groups excluding tert-OH is 1. The molecule has 0 aliphatic heterocycles. The fourth-order valence-electron chi connectivity index (χ4n) is 0.752. The van der Waals surface area contributed by atoms with Gasteiger partial charge in [-0.3, -0.25) is 0 Å². The lowest BCUT2D eigenvalue weighted by atomic mass is 10.3. The van der Waals surface area contributed by atoms with Crippen LogP contribution in [0.5, 0.6) is 0 Å². The van der Waals surface area contributed by atoms with Crippen LogP contribution in [0, 0.1) is 0 Å². The number of hydrogen-bond acceptors (Lipinski definition) is 5. The van der Waals surface area contributed by atoms with Crippen LogP contribution in [0.2, 0.25) is 0 Å². The largest absolute Gasteiger partial charge is 0.464 e. The van der Waals surface area contributed by atoms with Crippen LogP contribution in [0.1, 0.15) is 21.6 Å². The summed E-state index contributed by atoms with van der Waals surface area (Å²) in [6.07, 6.45) is -7.45. The molecule has 0 radical (unpaired) electrons. The first-order chi connectivity index (χ1) is 6.86. The molecule has 0 aromatic carbocycles. The molecular formula is C7H6F3NO3S. The molecule has 84 valence electrons. The molecule has 4 nitrogen and oxygen atoms in total. The van der Waals surface area contributed by atoms with Crippen LogP contribution >= 0.6 is 11.3 Å². The lowest BCUT2D eigenvalue weighted by Gasteiger charge is -2.10. The Bertz CT molecular complexity index is 363. The summed E-state index contributed by atoms with van der Waals surface area (Å²) < 4.78 is 40.3. The number of aromatic nitrogens is 1. The Labute approximate surface area is 86.3 Å². The summed E-state index contributed by atoms with van der Waals surface area (Å²) in [5, 5.41) is 9.31. The topological polar surface area (TPSA) is 59.4 Å². The van der Waals surface area contributed by atoms with Crippen molar-refractivity contribution in [1.29, 1.82) is 0 Å². The van der Waals surface area contributed by atoms with Crippen molar-refractivity contribution in [3.05, 3.63) is 16.1 Å². The van der Waals surface area contributed by atoms with Gasteiger partial charge in [0, 0.05) is 5.38 Å². The van der Waals surface area contributed by atoms with Crippen molar-refractivity contribution in [2.45, 2.75) is 12.3 Å². The molecule has 0 bridgehead atoms. The van der Waals surface area contributed by atoms with E-state index in [1.54, 1.807) is 0 Å². The predicted molar refractivity (Wildman–Crippen MR) is 44.5 cm³/mol. The second-order valence-corrected chi connectivity index (χ2v) is 3.40. The maximum Gasteiger partial charge on any atom is 0.420 e. The number of aliphatic hydroxyl groups is 1. The van der Waals surface area contributed by atoms with Crippen molar-refractivity contribution in [2.24, 2.45) is 0 Å². The summed E-state index contributed by atoms with van der Waals surface area (Å²) in [4.78, 5) is 14.2. The quantitative estimate of drug-likeness (QED) is 0.797. The Kier molecular flexibility index (Phi) is 3.30. The van der Waals surface area contributed by atoms with E-state index in [1.807, 2.05) is 0 Å². The van der Waals surface area contributed by atoms with Gasteiger partial charge in [0.05, 0.1) is 7.11 Å². The molecule has 1 atom stereocenters. The lowest BCUT2D eigenvalue weighted by molar-refractivity contribution is -0.206. The standard InChI is InChI=1S/C7H6F3NO3S/c1-14-6(13)3-2-15-5(11-3)4(12)7(8,9)10/h2,4,12H,1H3. The molecule has 0 amide bonds. The van der Waals surface area contributed by atoms with E-state index in [0.29, 0.717) is 11.3 Å². The molecule has 15 heavy (non-hydrogen) atoms. The summed E-state index contributed by atoms with van der Waals surface area (Å²) >= 11 is 0.546. The molecule has 0 fully saturated rings. The van der Waals surface area contributed by atoms with E-state index in [4.69, 9.17) is 5.11 Å². The van der Waals surface area contributed by atoms with Gasteiger partial charge in [0.1, 0.15) is 5.01 Å². The number of esters is 1. The molecule has 1 aromatic rings. The molecule has 0 spiro atoms. The van der Waals surface area contributed by atoms with E-state index in [0.717, 1.165) is 12.5 Å². The highest BCUT2D eigenvalue weighted by Crippen LogP contribution is 2.33. The first-order valence-corrected chi connectivity index (χ1v) is 4.52. The summed E-state index contributed by atoms with van der Waals surface area (Å²) in [7, 11) is 1.08. The van der Waals surface area contributed by atoms with Gasteiger partial charge in [-0.05, 0) is 0 Å². The van der Waals surface area contributed by atoms with E-state index in [9.17, 15) is 18.0 Å². The van der Waals surface area contributed by atoms with Crippen LogP contribution in [0.3, 0.4) is 0 Å². The van der Waals surface area contributed by atoms with Gasteiger partial charge in [-0.1, -0.05) is 0 Å². The summed E-state index contributed by atoms with van der Waals surface area (Å²) in [5.74, 6) is -0.841. The first kappa shape index (κ1) is 11.9. The number of carbonyl (C=O) groups is 1. The van der Waals surface area contributed by atoms with Crippen LogP contribution in [0.15, 0.2) is 5.38 Å². The minimum absolute atomic E-state index is 0.249. The van der Waals surface area contributed by atoms with Crippen LogP contribution in [-0.2, 0) is 4.74 Å². The van der Waals surface area contributed by atoms with Crippen LogP contribution in [0.4, 0.5) is 13.2 Å². The van der Waals surface area contributed by atoms with Crippen molar-refractivity contribution >= 4 is 17.3 Å². The average Bonchev–Trinajstić information content (AvgIpc) is 2.62. The molecule has 0 aliphatic rings. The van der Waals surface area contributed by atoms with Crippen LogP contribution < -0.4 is 0 Å². The van der Waals surface area contributed by atoms with Crippen molar-refractivity contribution in [3.63, 3.8) is 0 Å². The van der Waals surface area contributed by atoms with Gasteiger partial charge < -0.3 is 9.84 Å². The van der Waals surface area contributed by atoms with Crippen molar-refractivity contribution in [2.75, 3.05) is 7.11 Å². The number of hydrogen-bond donors (Lipinski definition) is 1. The Morgan fingerprint density at radius 1 is 1.67 bits per heavy atom. The van der Waals surface area contributed by atoms with E-state index in [1.165, 1.54) is 0 Å². The highest BCUT2D eigenvalue weighted by Gasteiger charge is 2.41. The van der Waals surface area contributed by atoms with Crippen molar-refractivity contribution in [3.8, 4) is 0 Å². The average molecular weight is 241 g/mol. The van der Waals surface area contributed by atoms with E-state index < -0.39 is 23.3 Å². The van der Waals surface area contributed by atoms with E-state index in [2.05, 4.69) is 9.72 Å². The fraction of sp³-hybridized carbons (Fsp3) is 0.429. The molecular weight excluding hydrogens is 235 g/mol. The summed E-state index contributed by atoms with van der Waals surface area (Å²) in [5.41, 5.74) is -0.249. The smallest absolute Gasteiger partial charge is 0.420 e. The van der Waals surface area contributed by atoms with Crippen molar-refractivity contribution in [1.82, 2.24) is 4.98 Å². The normalized spacial score (nSPS) is 13.7.